The van der Waals surface area contributed by atoms with E-state index in [1.165, 1.54) is 51.6 Å². The average Bonchev–Trinajstić information content (AvgIpc) is 2.79. The fourth-order valence-electron chi connectivity index (χ4n) is 4.38. The van der Waals surface area contributed by atoms with Gasteiger partial charge in [0.2, 0.25) is 10.0 Å². The van der Waals surface area contributed by atoms with Gasteiger partial charge in [0.15, 0.2) is 0 Å². The maximum Gasteiger partial charge on any atom is 0.243 e. The summed E-state index contributed by atoms with van der Waals surface area (Å²) in [7, 11) is 0.498. The minimum absolute atomic E-state index is 0.0535. The molecule has 0 atom stereocenters. The SMILES string of the molecule is CCCCCN(C)CCCCCCO[C@H]1CC[C@H](N(C)S(=O)(=O)c2ccc(Br)cc2)CC1. The summed E-state index contributed by atoms with van der Waals surface area (Å²) in [6, 6.07) is 6.93. The van der Waals surface area contributed by atoms with Crippen LogP contribution in [0.1, 0.15) is 77.6 Å². The Labute approximate surface area is 205 Å². The number of hydrogen-bond acceptors (Lipinski definition) is 4. The van der Waals surface area contributed by atoms with Crippen LogP contribution >= 0.6 is 15.9 Å². The number of nitrogens with zero attached hydrogens (tertiary/aromatic N) is 2. The van der Waals surface area contributed by atoms with Crippen molar-refractivity contribution in [2.24, 2.45) is 0 Å². The summed E-state index contributed by atoms with van der Waals surface area (Å²) in [5.74, 6) is 0. The Balaban J connectivity index is 1.58. The molecule has 1 fully saturated rings. The molecule has 0 N–H and O–H groups in total. The number of hydrogen-bond donors (Lipinski definition) is 0. The van der Waals surface area contributed by atoms with E-state index in [0.717, 1.165) is 43.2 Å². The zero-order valence-corrected chi connectivity index (χ0v) is 22.7. The molecule has 32 heavy (non-hydrogen) atoms. The second-order valence-electron chi connectivity index (χ2n) is 9.20. The van der Waals surface area contributed by atoms with Crippen molar-refractivity contribution >= 4 is 26.0 Å². The van der Waals surface area contributed by atoms with Crippen LogP contribution in [0.25, 0.3) is 0 Å². The molecule has 0 spiro atoms. The number of unbranched alkanes of at least 4 members (excludes halogenated alkanes) is 5. The van der Waals surface area contributed by atoms with E-state index in [1.54, 1.807) is 35.6 Å². The lowest BCUT2D eigenvalue weighted by Crippen LogP contribution is -2.40. The molecule has 184 valence electrons. The predicted molar refractivity (Wildman–Crippen MR) is 137 cm³/mol. The number of ether oxygens (including phenoxy) is 1. The maximum atomic E-state index is 12.9. The van der Waals surface area contributed by atoms with Crippen LogP contribution in [0, 0.1) is 0 Å². The Morgan fingerprint density at radius 2 is 1.50 bits per heavy atom. The second kappa shape index (κ2) is 14.7. The van der Waals surface area contributed by atoms with Crippen molar-refractivity contribution in [3.05, 3.63) is 28.7 Å². The van der Waals surface area contributed by atoms with E-state index in [2.05, 4.69) is 34.8 Å². The Morgan fingerprint density at radius 1 is 0.906 bits per heavy atom. The molecule has 0 aromatic heterocycles. The van der Waals surface area contributed by atoms with Gasteiger partial charge in [0, 0.05) is 24.2 Å². The first-order valence-corrected chi connectivity index (χ1v) is 14.6. The summed E-state index contributed by atoms with van der Waals surface area (Å²) < 4.78 is 34.4. The van der Waals surface area contributed by atoms with Crippen LogP contribution in [0.4, 0.5) is 0 Å². The van der Waals surface area contributed by atoms with Gasteiger partial charge in [0.05, 0.1) is 11.0 Å². The van der Waals surface area contributed by atoms with E-state index in [1.807, 2.05) is 0 Å². The van der Waals surface area contributed by atoms with Gasteiger partial charge in [-0.05, 0) is 89.3 Å². The standard InChI is InChI=1S/C25H43BrN2O3S/c1-4-5-8-19-27(2)20-9-6-7-10-21-31-24-15-13-23(14-16-24)28(3)32(29,30)25-17-11-22(26)12-18-25/h11-12,17-18,23-24H,4-10,13-16,19-21H2,1-3H3/t23-,24-. The van der Waals surface area contributed by atoms with Gasteiger partial charge in [-0.25, -0.2) is 8.42 Å². The van der Waals surface area contributed by atoms with Crippen LogP contribution in [0.5, 0.6) is 0 Å². The predicted octanol–water partition coefficient (Wildman–Crippen LogP) is 6.08. The van der Waals surface area contributed by atoms with Crippen molar-refractivity contribution in [3.8, 4) is 0 Å². The first-order valence-electron chi connectivity index (χ1n) is 12.4. The summed E-state index contributed by atoms with van der Waals surface area (Å²) in [4.78, 5) is 2.81. The fourth-order valence-corrected chi connectivity index (χ4v) is 6.06. The molecule has 1 aliphatic carbocycles. The van der Waals surface area contributed by atoms with Gasteiger partial charge in [0.1, 0.15) is 0 Å². The molecule has 0 saturated heterocycles. The summed E-state index contributed by atoms with van der Waals surface area (Å²) in [5.41, 5.74) is 0. The summed E-state index contributed by atoms with van der Waals surface area (Å²) >= 11 is 3.36. The van der Waals surface area contributed by atoms with Gasteiger partial charge < -0.3 is 9.64 Å². The molecule has 0 unspecified atom stereocenters. The quantitative estimate of drug-likeness (QED) is 0.258. The van der Waals surface area contributed by atoms with Gasteiger partial charge in [-0.3, -0.25) is 0 Å². The minimum atomic E-state index is -3.45. The first kappa shape index (κ1) is 27.8. The highest BCUT2D eigenvalue weighted by Crippen LogP contribution is 2.28. The minimum Gasteiger partial charge on any atom is -0.378 e. The summed E-state index contributed by atoms with van der Waals surface area (Å²) in [6.45, 7) is 5.50. The number of halogens is 1. The van der Waals surface area contributed by atoms with Crippen LogP contribution in [0.15, 0.2) is 33.6 Å². The lowest BCUT2D eigenvalue weighted by atomic mass is 9.93. The molecule has 0 amide bonds. The largest absolute Gasteiger partial charge is 0.378 e. The van der Waals surface area contributed by atoms with Crippen LogP contribution in [-0.4, -0.2) is 63.6 Å². The van der Waals surface area contributed by atoms with E-state index >= 15 is 0 Å². The molecular weight excluding hydrogens is 488 g/mol. The van der Waals surface area contributed by atoms with Crippen LogP contribution in [0.2, 0.25) is 0 Å². The zero-order valence-electron chi connectivity index (χ0n) is 20.3. The normalized spacial score (nSPS) is 19.7. The molecule has 1 aromatic rings. The lowest BCUT2D eigenvalue weighted by Gasteiger charge is -2.34. The second-order valence-corrected chi connectivity index (χ2v) is 12.1. The molecule has 1 saturated carbocycles. The van der Waals surface area contributed by atoms with Gasteiger partial charge in [0.25, 0.3) is 0 Å². The number of rotatable bonds is 15. The Kier molecular flexibility index (Phi) is 12.8. The van der Waals surface area contributed by atoms with Crippen LogP contribution in [-0.2, 0) is 14.8 Å². The van der Waals surface area contributed by atoms with Gasteiger partial charge in [-0.15, -0.1) is 0 Å². The van der Waals surface area contributed by atoms with E-state index in [9.17, 15) is 8.42 Å². The zero-order chi connectivity index (χ0) is 23.4. The first-order chi connectivity index (χ1) is 15.3. The third-order valence-electron chi connectivity index (χ3n) is 6.58. The molecule has 1 aromatic carbocycles. The average molecular weight is 532 g/mol. The van der Waals surface area contributed by atoms with Gasteiger partial charge in [-0.1, -0.05) is 48.5 Å². The van der Waals surface area contributed by atoms with Crippen molar-refractivity contribution in [3.63, 3.8) is 0 Å². The number of benzene rings is 1. The fraction of sp³-hybridized carbons (Fsp3) is 0.760. The van der Waals surface area contributed by atoms with Crippen molar-refractivity contribution in [1.82, 2.24) is 9.21 Å². The molecule has 0 radical (unpaired) electrons. The molecule has 2 rings (SSSR count). The topological polar surface area (TPSA) is 49.9 Å². The Bertz CT molecular complexity index is 734. The third kappa shape index (κ3) is 9.41. The van der Waals surface area contributed by atoms with Crippen LogP contribution < -0.4 is 0 Å². The van der Waals surface area contributed by atoms with Gasteiger partial charge in [-0.2, -0.15) is 4.31 Å². The monoisotopic (exact) mass is 530 g/mol. The van der Waals surface area contributed by atoms with Crippen LogP contribution in [0.3, 0.4) is 0 Å². The summed E-state index contributed by atoms with van der Waals surface area (Å²) in [6.07, 6.45) is 12.7. The lowest BCUT2D eigenvalue weighted by molar-refractivity contribution is 0.0156. The molecule has 7 heteroatoms. The Morgan fingerprint density at radius 3 is 2.12 bits per heavy atom. The third-order valence-corrected chi connectivity index (χ3v) is 9.03. The van der Waals surface area contributed by atoms with E-state index in [4.69, 9.17) is 4.74 Å². The molecule has 0 bridgehead atoms. The van der Waals surface area contributed by atoms with E-state index in [-0.39, 0.29) is 12.1 Å². The van der Waals surface area contributed by atoms with E-state index in [0.29, 0.717) is 4.90 Å². The molecule has 5 nitrogen and oxygen atoms in total. The van der Waals surface area contributed by atoms with Crippen molar-refractivity contribution < 1.29 is 13.2 Å². The molecule has 1 aliphatic rings. The van der Waals surface area contributed by atoms with Gasteiger partial charge >= 0.3 is 0 Å². The number of sulfonamides is 1. The van der Waals surface area contributed by atoms with E-state index < -0.39 is 10.0 Å². The molecule has 0 heterocycles. The Hall–Kier alpha value is -0.470. The highest BCUT2D eigenvalue weighted by molar-refractivity contribution is 9.10. The smallest absolute Gasteiger partial charge is 0.243 e. The highest BCUT2D eigenvalue weighted by atomic mass is 79.9. The molecule has 0 aliphatic heterocycles. The molecular formula is C25H43BrN2O3S. The highest BCUT2D eigenvalue weighted by Gasteiger charge is 2.31. The van der Waals surface area contributed by atoms with Crippen molar-refractivity contribution in [2.75, 3.05) is 33.8 Å². The maximum absolute atomic E-state index is 12.9. The summed E-state index contributed by atoms with van der Waals surface area (Å²) in [5, 5.41) is 0. The van der Waals surface area contributed by atoms with Crippen molar-refractivity contribution in [2.45, 2.75) is 94.6 Å². The van der Waals surface area contributed by atoms with Crippen molar-refractivity contribution in [1.29, 1.82) is 0 Å².